The van der Waals surface area contributed by atoms with Gasteiger partial charge in [-0.05, 0) is 0 Å². The Kier molecular flexibility index (Phi) is 1.91. The van der Waals surface area contributed by atoms with Crippen molar-refractivity contribution in [1.29, 1.82) is 0 Å². The van der Waals surface area contributed by atoms with Gasteiger partial charge in [-0.15, -0.1) is 0 Å². The summed E-state index contributed by atoms with van der Waals surface area (Å²) >= 11 is -0.682. The van der Waals surface area contributed by atoms with Crippen LogP contribution in [0.15, 0.2) is 0 Å². The molecule has 0 aliphatic carbocycles. The van der Waals surface area contributed by atoms with Gasteiger partial charge in [-0.3, -0.25) is 4.79 Å². The molecule has 1 saturated heterocycles. The Bertz CT molecular complexity index is 92.6. The summed E-state index contributed by atoms with van der Waals surface area (Å²) < 4.78 is 10.6. The molecule has 0 spiro atoms. The van der Waals surface area contributed by atoms with Crippen LogP contribution in [-0.2, 0) is 16.0 Å². The fourth-order valence-electron chi connectivity index (χ4n) is 0.682. The highest BCUT2D eigenvalue weighted by atomic mass is 32.2. The Labute approximate surface area is 51.4 Å². The molecule has 3 heteroatoms. The van der Waals surface area contributed by atoms with E-state index < -0.39 is 11.2 Å². The summed E-state index contributed by atoms with van der Waals surface area (Å²) in [5.74, 6) is 1.46. The molecule has 1 aliphatic heterocycles. The first-order valence-corrected chi connectivity index (χ1v) is 4.14. The van der Waals surface area contributed by atoms with Gasteiger partial charge in [0.15, 0.2) is 0 Å². The molecule has 0 unspecified atom stereocenters. The maximum Gasteiger partial charge on any atom is 0.142 e. The van der Waals surface area contributed by atoms with Crippen molar-refractivity contribution in [2.24, 2.45) is 0 Å². The lowest BCUT2D eigenvalue weighted by molar-refractivity contribution is -0.118. The van der Waals surface area contributed by atoms with Gasteiger partial charge in [-0.2, -0.15) is 0 Å². The van der Waals surface area contributed by atoms with E-state index in [4.69, 9.17) is 0 Å². The summed E-state index contributed by atoms with van der Waals surface area (Å²) in [5, 5.41) is 0. The largest absolute Gasteiger partial charge is 0.616 e. The van der Waals surface area contributed by atoms with Crippen molar-refractivity contribution in [2.75, 3.05) is 11.5 Å². The molecular weight excluding hydrogens is 124 g/mol. The fraction of sp³-hybridized carbons (Fsp3) is 0.800. The number of ketones is 1. The minimum atomic E-state index is -0.682. The minimum absolute atomic E-state index is 0.268. The molecule has 0 atom stereocenters. The molecule has 0 amide bonds. The lowest BCUT2D eigenvalue weighted by Crippen LogP contribution is -2.22. The van der Waals surface area contributed by atoms with E-state index in [1.165, 1.54) is 0 Å². The first-order valence-electron chi connectivity index (χ1n) is 2.66. The molecule has 0 radical (unpaired) electrons. The smallest absolute Gasteiger partial charge is 0.142 e. The van der Waals surface area contributed by atoms with Crippen LogP contribution in [-0.4, -0.2) is 21.8 Å². The second-order valence-electron chi connectivity index (χ2n) is 1.89. The van der Waals surface area contributed by atoms with Crippen LogP contribution in [0.2, 0.25) is 0 Å². The van der Waals surface area contributed by atoms with Gasteiger partial charge in [0.2, 0.25) is 0 Å². The van der Waals surface area contributed by atoms with Crippen LogP contribution in [0.5, 0.6) is 0 Å². The predicted octanol–water partition coefficient (Wildman–Crippen LogP) is 0.0980. The summed E-state index contributed by atoms with van der Waals surface area (Å²) in [7, 11) is 0. The minimum Gasteiger partial charge on any atom is -0.616 e. The lowest BCUT2D eigenvalue weighted by atomic mass is 10.2. The first-order chi connectivity index (χ1) is 3.79. The van der Waals surface area contributed by atoms with Crippen molar-refractivity contribution in [2.45, 2.75) is 12.8 Å². The zero-order chi connectivity index (χ0) is 5.98. The van der Waals surface area contributed by atoms with Crippen molar-refractivity contribution < 1.29 is 9.35 Å². The number of carbonyl (C=O) groups excluding carboxylic acids is 1. The molecule has 1 heterocycles. The number of rotatable bonds is 0. The van der Waals surface area contributed by atoms with Crippen LogP contribution in [0.3, 0.4) is 0 Å². The van der Waals surface area contributed by atoms with E-state index in [2.05, 4.69) is 0 Å². The van der Waals surface area contributed by atoms with Crippen molar-refractivity contribution in [3.63, 3.8) is 0 Å². The van der Waals surface area contributed by atoms with E-state index >= 15 is 0 Å². The van der Waals surface area contributed by atoms with Crippen molar-refractivity contribution in [3.8, 4) is 0 Å². The van der Waals surface area contributed by atoms with E-state index in [9.17, 15) is 9.35 Å². The molecule has 2 nitrogen and oxygen atoms in total. The zero-order valence-electron chi connectivity index (χ0n) is 4.55. The Balaban J connectivity index is 2.29. The summed E-state index contributed by atoms with van der Waals surface area (Å²) in [6.45, 7) is 0. The topological polar surface area (TPSA) is 40.1 Å². The zero-order valence-corrected chi connectivity index (χ0v) is 5.37. The summed E-state index contributed by atoms with van der Waals surface area (Å²) in [4.78, 5) is 10.5. The molecule has 0 aromatic carbocycles. The molecule has 46 valence electrons. The molecule has 0 bridgehead atoms. The van der Waals surface area contributed by atoms with Gasteiger partial charge in [0.25, 0.3) is 0 Å². The van der Waals surface area contributed by atoms with Gasteiger partial charge in [0.1, 0.15) is 17.3 Å². The third kappa shape index (κ3) is 1.49. The monoisotopic (exact) mass is 132 g/mol. The molecule has 0 aromatic rings. The van der Waals surface area contributed by atoms with E-state index in [1.807, 2.05) is 0 Å². The Morgan fingerprint density at radius 1 is 1.38 bits per heavy atom. The summed E-state index contributed by atoms with van der Waals surface area (Å²) in [6.07, 6.45) is 1.07. The van der Waals surface area contributed by atoms with E-state index in [-0.39, 0.29) is 5.78 Å². The van der Waals surface area contributed by atoms with E-state index in [1.54, 1.807) is 0 Å². The molecule has 1 fully saturated rings. The highest BCUT2D eigenvalue weighted by Crippen LogP contribution is 2.06. The van der Waals surface area contributed by atoms with Gasteiger partial charge in [-0.25, -0.2) is 0 Å². The van der Waals surface area contributed by atoms with Gasteiger partial charge < -0.3 is 4.55 Å². The summed E-state index contributed by atoms with van der Waals surface area (Å²) in [6, 6.07) is 0. The molecule has 1 aliphatic rings. The average molecular weight is 132 g/mol. The molecule has 0 N–H and O–H groups in total. The van der Waals surface area contributed by atoms with Crippen molar-refractivity contribution in [3.05, 3.63) is 0 Å². The standard InChI is InChI=1S/C5H8O2S/c6-5-1-3-8(7)4-2-5/h1-4H2. The van der Waals surface area contributed by atoms with Gasteiger partial charge in [0.05, 0.1) is 12.8 Å². The number of hydrogen-bond acceptors (Lipinski definition) is 2. The normalized spacial score (nSPS) is 23.9. The van der Waals surface area contributed by atoms with Crippen LogP contribution < -0.4 is 0 Å². The Morgan fingerprint density at radius 2 is 1.88 bits per heavy atom. The maximum atomic E-state index is 10.6. The average Bonchev–Trinajstić information content (AvgIpc) is 1.77. The molecular formula is C5H8O2S. The second-order valence-corrected chi connectivity index (χ2v) is 3.58. The Morgan fingerprint density at radius 3 is 2.25 bits per heavy atom. The number of carbonyl (C=O) groups is 1. The SMILES string of the molecule is O=C1CC[S+]([O-])CC1. The van der Waals surface area contributed by atoms with Crippen molar-refractivity contribution in [1.82, 2.24) is 0 Å². The third-order valence-electron chi connectivity index (χ3n) is 1.22. The molecule has 8 heavy (non-hydrogen) atoms. The highest BCUT2D eigenvalue weighted by Gasteiger charge is 2.17. The van der Waals surface area contributed by atoms with Crippen LogP contribution in [0, 0.1) is 0 Å². The van der Waals surface area contributed by atoms with Crippen LogP contribution in [0.4, 0.5) is 0 Å². The second kappa shape index (κ2) is 2.51. The van der Waals surface area contributed by atoms with Crippen LogP contribution in [0.25, 0.3) is 0 Å². The Hall–Kier alpha value is -0.0200. The quantitative estimate of drug-likeness (QED) is 0.438. The number of Topliss-reactive ketones (excluding diaryl/α,β-unsaturated/α-hetero) is 1. The van der Waals surface area contributed by atoms with Crippen molar-refractivity contribution >= 4 is 17.0 Å². The summed E-state index contributed by atoms with van der Waals surface area (Å²) in [5.41, 5.74) is 0. The first kappa shape index (κ1) is 6.11. The van der Waals surface area contributed by atoms with E-state index in [0.29, 0.717) is 24.3 Å². The van der Waals surface area contributed by atoms with E-state index in [0.717, 1.165) is 0 Å². The fourth-order valence-corrected chi connectivity index (χ4v) is 1.80. The lowest BCUT2D eigenvalue weighted by Gasteiger charge is -2.13. The molecule has 0 aromatic heterocycles. The highest BCUT2D eigenvalue weighted by molar-refractivity contribution is 7.91. The molecule has 1 rings (SSSR count). The van der Waals surface area contributed by atoms with Crippen LogP contribution >= 0.6 is 0 Å². The molecule has 0 saturated carbocycles. The van der Waals surface area contributed by atoms with Crippen LogP contribution in [0.1, 0.15) is 12.8 Å². The van der Waals surface area contributed by atoms with Gasteiger partial charge >= 0.3 is 0 Å². The number of hydrogen-bond donors (Lipinski definition) is 0. The predicted molar refractivity (Wildman–Crippen MR) is 32.1 cm³/mol. The third-order valence-corrected chi connectivity index (χ3v) is 2.54. The van der Waals surface area contributed by atoms with Gasteiger partial charge in [0, 0.05) is 0 Å². The van der Waals surface area contributed by atoms with Gasteiger partial charge in [-0.1, -0.05) is 11.2 Å². The maximum absolute atomic E-state index is 10.6.